The molecule has 7 heteroatoms. The standard InChI is InChI=1S/C19H20N4O3/c1-25-12-11-20-19(24)17-21-18(14-7-6-10-16(13-14)26-2)23(22-17)15-8-4-3-5-9-15/h3-10,13H,11-12H2,1-2H3,(H,20,24). The van der Waals surface area contributed by atoms with Gasteiger partial charge in [0.1, 0.15) is 5.75 Å². The van der Waals surface area contributed by atoms with Crippen molar-refractivity contribution in [3.63, 3.8) is 0 Å². The van der Waals surface area contributed by atoms with Gasteiger partial charge < -0.3 is 14.8 Å². The van der Waals surface area contributed by atoms with Crippen LogP contribution < -0.4 is 10.1 Å². The largest absolute Gasteiger partial charge is 0.497 e. The SMILES string of the molecule is COCCNC(=O)c1nc(-c2cccc(OC)c2)n(-c2ccccc2)n1. The number of ether oxygens (including phenoxy) is 2. The molecule has 0 bridgehead atoms. The first kappa shape index (κ1) is 17.6. The zero-order valence-corrected chi connectivity index (χ0v) is 14.7. The van der Waals surface area contributed by atoms with E-state index in [0.717, 1.165) is 11.3 Å². The number of nitrogens with zero attached hydrogens (tertiary/aromatic N) is 3. The molecule has 0 unspecified atom stereocenters. The van der Waals surface area contributed by atoms with Crippen LogP contribution in [-0.4, -0.2) is 48.0 Å². The topological polar surface area (TPSA) is 78.3 Å². The maximum absolute atomic E-state index is 12.3. The van der Waals surface area contributed by atoms with Crippen LogP contribution in [0.15, 0.2) is 54.6 Å². The van der Waals surface area contributed by atoms with Gasteiger partial charge in [0.05, 0.1) is 19.4 Å². The highest BCUT2D eigenvalue weighted by molar-refractivity contribution is 5.91. The fourth-order valence-electron chi connectivity index (χ4n) is 2.45. The second kappa shape index (κ2) is 8.26. The van der Waals surface area contributed by atoms with E-state index < -0.39 is 0 Å². The summed E-state index contributed by atoms with van der Waals surface area (Å²) < 4.78 is 11.9. The highest BCUT2D eigenvalue weighted by atomic mass is 16.5. The second-order valence-corrected chi connectivity index (χ2v) is 5.49. The number of methoxy groups -OCH3 is 2. The number of benzene rings is 2. The number of para-hydroxylation sites is 1. The third-order valence-electron chi connectivity index (χ3n) is 3.73. The molecular weight excluding hydrogens is 332 g/mol. The molecule has 0 saturated heterocycles. The van der Waals surface area contributed by atoms with Gasteiger partial charge in [-0.3, -0.25) is 4.79 Å². The fourth-order valence-corrected chi connectivity index (χ4v) is 2.45. The molecule has 3 aromatic rings. The Morgan fingerprint density at radius 1 is 1.12 bits per heavy atom. The molecule has 0 fully saturated rings. The molecule has 0 spiro atoms. The van der Waals surface area contributed by atoms with E-state index in [-0.39, 0.29) is 11.7 Å². The predicted molar refractivity (Wildman–Crippen MR) is 97.6 cm³/mol. The molecule has 1 N–H and O–H groups in total. The highest BCUT2D eigenvalue weighted by Gasteiger charge is 2.18. The number of aromatic nitrogens is 3. The van der Waals surface area contributed by atoms with Crippen molar-refractivity contribution in [1.82, 2.24) is 20.1 Å². The van der Waals surface area contributed by atoms with Gasteiger partial charge in [-0.15, -0.1) is 5.10 Å². The Bertz CT molecular complexity index is 878. The maximum atomic E-state index is 12.3. The summed E-state index contributed by atoms with van der Waals surface area (Å²) in [6.45, 7) is 0.817. The first-order valence-corrected chi connectivity index (χ1v) is 8.17. The summed E-state index contributed by atoms with van der Waals surface area (Å²) in [6, 6.07) is 17.0. The van der Waals surface area contributed by atoms with Gasteiger partial charge in [-0.2, -0.15) is 0 Å². The van der Waals surface area contributed by atoms with Gasteiger partial charge in [0, 0.05) is 19.2 Å². The van der Waals surface area contributed by atoms with Crippen molar-refractivity contribution in [2.45, 2.75) is 0 Å². The molecule has 0 atom stereocenters. The zero-order valence-electron chi connectivity index (χ0n) is 14.7. The van der Waals surface area contributed by atoms with Gasteiger partial charge in [-0.1, -0.05) is 30.3 Å². The lowest BCUT2D eigenvalue weighted by Gasteiger charge is -2.07. The molecule has 1 aromatic heterocycles. The number of carbonyl (C=O) groups excluding carboxylic acids is 1. The number of amides is 1. The van der Waals surface area contributed by atoms with Gasteiger partial charge in [-0.05, 0) is 24.3 Å². The van der Waals surface area contributed by atoms with E-state index in [1.165, 1.54) is 0 Å². The first-order valence-electron chi connectivity index (χ1n) is 8.17. The van der Waals surface area contributed by atoms with E-state index in [2.05, 4.69) is 15.4 Å². The van der Waals surface area contributed by atoms with Crippen molar-refractivity contribution < 1.29 is 14.3 Å². The van der Waals surface area contributed by atoms with Crippen molar-refractivity contribution in [3.05, 3.63) is 60.4 Å². The third kappa shape index (κ3) is 3.89. The molecule has 3 rings (SSSR count). The lowest BCUT2D eigenvalue weighted by Crippen LogP contribution is -2.28. The van der Waals surface area contributed by atoms with Crippen LogP contribution in [0.25, 0.3) is 17.1 Å². The molecule has 1 heterocycles. The number of hydrogen-bond donors (Lipinski definition) is 1. The average Bonchev–Trinajstić information content (AvgIpc) is 3.14. The average molecular weight is 352 g/mol. The quantitative estimate of drug-likeness (QED) is 0.660. The van der Waals surface area contributed by atoms with Crippen molar-refractivity contribution >= 4 is 5.91 Å². The van der Waals surface area contributed by atoms with Crippen LogP contribution in [0.4, 0.5) is 0 Å². The monoisotopic (exact) mass is 352 g/mol. The van der Waals surface area contributed by atoms with Crippen LogP contribution in [0.1, 0.15) is 10.6 Å². The minimum atomic E-state index is -0.346. The molecule has 0 aliphatic rings. The van der Waals surface area contributed by atoms with E-state index >= 15 is 0 Å². The summed E-state index contributed by atoms with van der Waals surface area (Å²) in [7, 11) is 3.19. The van der Waals surface area contributed by atoms with E-state index in [0.29, 0.717) is 24.7 Å². The summed E-state index contributed by atoms with van der Waals surface area (Å²) in [6.07, 6.45) is 0. The first-order chi connectivity index (χ1) is 12.7. The van der Waals surface area contributed by atoms with E-state index in [9.17, 15) is 4.79 Å². The lowest BCUT2D eigenvalue weighted by atomic mass is 10.2. The molecule has 0 radical (unpaired) electrons. The Balaban J connectivity index is 2.02. The minimum absolute atomic E-state index is 0.0998. The lowest BCUT2D eigenvalue weighted by molar-refractivity contribution is 0.0927. The van der Waals surface area contributed by atoms with Crippen LogP contribution >= 0.6 is 0 Å². The fraction of sp³-hybridized carbons (Fsp3) is 0.211. The molecule has 0 aliphatic carbocycles. The number of carbonyl (C=O) groups is 1. The second-order valence-electron chi connectivity index (χ2n) is 5.49. The minimum Gasteiger partial charge on any atom is -0.497 e. The third-order valence-corrected chi connectivity index (χ3v) is 3.73. The Labute approximate surface area is 151 Å². The molecule has 0 aliphatic heterocycles. The van der Waals surface area contributed by atoms with Crippen LogP contribution in [0, 0.1) is 0 Å². The smallest absolute Gasteiger partial charge is 0.291 e. The van der Waals surface area contributed by atoms with Gasteiger partial charge >= 0.3 is 0 Å². The Hall–Kier alpha value is -3.19. The number of hydrogen-bond acceptors (Lipinski definition) is 5. The van der Waals surface area contributed by atoms with Crippen LogP contribution in [-0.2, 0) is 4.74 Å². The van der Waals surface area contributed by atoms with E-state index in [4.69, 9.17) is 9.47 Å². The van der Waals surface area contributed by atoms with Crippen molar-refractivity contribution in [2.75, 3.05) is 27.4 Å². The molecule has 7 nitrogen and oxygen atoms in total. The predicted octanol–water partition coefficient (Wildman–Crippen LogP) is 2.32. The van der Waals surface area contributed by atoms with Gasteiger partial charge in [-0.25, -0.2) is 9.67 Å². The Morgan fingerprint density at radius 2 is 1.92 bits per heavy atom. The van der Waals surface area contributed by atoms with Gasteiger partial charge in [0.25, 0.3) is 5.91 Å². The molecule has 1 amide bonds. The molecule has 0 saturated carbocycles. The molecular formula is C19H20N4O3. The molecule has 2 aromatic carbocycles. The summed E-state index contributed by atoms with van der Waals surface area (Å²) in [5.74, 6) is 1.02. The zero-order chi connectivity index (χ0) is 18.4. The number of nitrogens with one attached hydrogen (secondary N) is 1. The maximum Gasteiger partial charge on any atom is 0.291 e. The van der Waals surface area contributed by atoms with Crippen molar-refractivity contribution in [2.24, 2.45) is 0 Å². The summed E-state index contributed by atoms with van der Waals surface area (Å²) in [5.41, 5.74) is 1.62. The summed E-state index contributed by atoms with van der Waals surface area (Å²) in [5, 5.41) is 7.14. The van der Waals surface area contributed by atoms with Crippen LogP contribution in [0.5, 0.6) is 5.75 Å². The van der Waals surface area contributed by atoms with Gasteiger partial charge in [0.15, 0.2) is 5.82 Å². The molecule has 26 heavy (non-hydrogen) atoms. The summed E-state index contributed by atoms with van der Waals surface area (Å²) >= 11 is 0. The highest BCUT2D eigenvalue weighted by Crippen LogP contribution is 2.24. The van der Waals surface area contributed by atoms with E-state index in [1.807, 2.05) is 54.6 Å². The van der Waals surface area contributed by atoms with Crippen molar-refractivity contribution in [3.8, 4) is 22.8 Å². The van der Waals surface area contributed by atoms with Crippen molar-refractivity contribution in [1.29, 1.82) is 0 Å². The van der Waals surface area contributed by atoms with Crippen LogP contribution in [0.2, 0.25) is 0 Å². The Morgan fingerprint density at radius 3 is 2.65 bits per heavy atom. The normalized spacial score (nSPS) is 10.5. The number of rotatable bonds is 7. The van der Waals surface area contributed by atoms with Crippen LogP contribution in [0.3, 0.4) is 0 Å². The van der Waals surface area contributed by atoms with Gasteiger partial charge in [0.2, 0.25) is 5.82 Å². The van der Waals surface area contributed by atoms with E-state index in [1.54, 1.807) is 18.9 Å². The Kier molecular flexibility index (Phi) is 5.60. The summed E-state index contributed by atoms with van der Waals surface area (Å²) in [4.78, 5) is 16.8. The molecule has 134 valence electrons.